The quantitative estimate of drug-likeness (QED) is 0.500. The van der Waals surface area contributed by atoms with Crippen LogP contribution in [-0.4, -0.2) is 54.8 Å². The van der Waals surface area contributed by atoms with Crippen molar-refractivity contribution in [3.05, 3.63) is 42.0 Å². The van der Waals surface area contributed by atoms with E-state index in [4.69, 9.17) is 4.74 Å². The molecule has 29 heavy (non-hydrogen) atoms. The number of halogens is 2. The van der Waals surface area contributed by atoms with Crippen molar-refractivity contribution in [1.82, 2.24) is 24.9 Å². The van der Waals surface area contributed by atoms with E-state index in [1.54, 1.807) is 0 Å². The number of sulfonamides is 1. The molecule has 10 nitrogen and oxygen atoms in total. The van der Waals surface area contributed by atoms with E-state index in [9.17, 15) is 26.8 Å². The smallest absolute Gasteiger partial charge is 0.324 e. The number of ether oxygens (including phenoxy) is 1. The Balaban J connectivity index is 1.59. The van der Waals surface area contributed by atoms with Gasteiger partial charge in [0.25, 0.3) is 6.43 Å². The minimum atomic E-state index is -3.95. The van der Waals surface area contributed by atoms with Crippen LogP contribution < -0.4 is 14.8 Å². The number of hydrogen-bond acceptors (Lipinski definition) is 6. The van der Waals surface area contributed by atoms with E-state index in [2.05, 4.69) is 20.0 Å². The highest BCUT2D eigenvalue weighted by molar-refractivity contribution is 7.89. The van der Waals surface area contributed by atoms with Crippen molar-refractivity contribution in [3.8, 4) is 5.75 Å². The number of nitrogens with one attached hydrogen (secondary N) is 3. The fourth-order valence-corrected chi connectivity index (χ4v) is 3.55. The van der Waals surface area contributed by atoms with Gasteiger partial charge in [-0.05, 0) is 12.1 Å². The number of imide groups is 1. The third-order valence-electron chi connectivity index (χ3n) is 3.83. The Bertz CT molecular complexity index is 1010. The van der Waals surface area contributed by atoms with Gasteiger partial charge in [-0.2, -0.15) is 0 Å². The van der Waals surface area contributed by atoms with Gasteiger partial charge in [0, 0.05) is 6.07 Å². The van der Waals surface area contributed by atoms with Gasteiger partial charge in [-0.15, -0.1) is 0 Å². The summed E-state index contributed by atoms with van der Waals surface area (Å²) in [6.07, 6.45) is -1.25. The van der Waals surface area contributed by atoms with Crippen molar-refractivity contribution in [3.63, 3.8) is 0 Å². The number of benzene rings is 1. The zero-order chi connectivity index (χ0) is 21.0. The molecular weight excluding hydrogens is 412 g/mol. The first-order chi connectivity index (χ1) is 13.7. The van der Waals surface area contributed by atoms with Crippen LogP contribution in [0.25, 0.3) is 0 Å². The Labute approximate surface area is 164 Å². The van der Waals surface area contributed by atoms with Crippen molar-refractivity contribution < 1.29 is 31.5 Å². The summed E-state index contributed by atoms with van der Waals surface area (Å²) in [6.45, 7) is -0.965. The molecule has 0 unspecified atom stereocenters. The number of nitrogens with zero attached hydrogens (tertiary/aromatic N) is 2. The van der Waals surface area contributed by atoms with E-state index >= 15 is 0 Å². The zero-order valence-corrected chi connectivity index (χ0v) is 15.7. The van der Waals surface area contributed by atoms with Crippen molar-refractivity contribution in [2.45, 2.75) is 24.4 Å². The maximum Gasteiger partial charge on any atom is 0.324 e. The number of urea groups is 1. The van der Waals surface area contributed by atoms with Crippen LogP contribution in [0.3, 0.4) is 0 Å². The van der Waals surface area contributed by atoms with E-state index in [0.29, 0.717) is 11.5 Å². The van der Waals surface area contributed by atoms with E-state index in [-0.39, 0.29) is 30.3 Å². The van der Waals surface area contributed by atoms with Gasteiger partial charge in [0.15, 0.2) is 0 Å². The van der Waals surface area contributed by atoms with E-state index in [1.807, 2.05) is 0 Å². The Hall–Kier alpha value is -3.06. The molecule has 0 atom stereocenters. The van der Waals surface area contributed by atoms with Crippen LogP contribution >= 0.6 is 0 Å². The molecule has 1 aromatic heterocycles. The number of rotatable bonds is 9. The average molecular weight is 429 g/mol. The molecule has 0 bridgehead atoms. The van der Waals surface area contributed by atoms with Crippen LogP contribution in [-0.2, 0) is 27.9 Å². The minimum Gasteiger partial charge on any atom is -0.488 e. The number of H-pyrrole nitrogens is 1. The molecule has 13 heteroatoms. The summed E-state index contributed by atoms with van der Waals surface area (Å²) in [5.41, 5.74) is 0.520. The number of carbonyl (C=O) groups excluding carboxylic acids is 2. The summed E-state index contributed by atoms with van der Waals surface area (Å²) < 4.78 is 56.4. The minimum absolute atomic E-state index is 0.00639. The number of hydrogen-bond donors (Lipinski definition) is 3. The van der Waals surface area contributed by atoms with Gasteiger partial charge >= 0.3 is 6.03 Å². The lowest BCUT2D eigenvalue weighted by atomic mass is 10.3. The van der Waals surface area contributed by atoms with Gasteiger partial charge in [0.05, 0.1) is 29.9 Å². The van der Waals surface area contributed by atoms with Crippen LogP contribution in [0.15, 0.2) is 35.4 Å². The first-order valence-electron chi connectivity index (χ1n) is 8.35. The summed E-state index contributed by atoms with van der Waals surface area (Å²) in [5, 5.41) is 2.15. The predicted molar refractivity (Wildman–Crippen MR) is 94.5 cm³/mol. The molecule has 3 amide bonds. The van der Waals surface area contributed by atoms with E-state index in [0.717, 1.165) is 6.07 Å². The number of alkyl halides is 2. The highest BCUT2D eigenvalue weighted by Gasteiger charge is 2.27. The Morgan fingerprint density at radius 3 is 2.79 bits per heavy atom. The van der Waals surface area contributed by atoms with Crippen LogP contribution in [0.2, 0.25) is 0 Å². The molecule has 156 valence electrons. The summed E-state index contributed by atoms with van der Waals surface area (Å²) in [4.78, 5) is 30.7. The van der Waals surface area contributed by atoms with Crippen LogP contribution in [0.5, 0.6) is 5.75 Å². The van der Waals surface area contributed by atoms with Gasteiger partial charge in [-0.25, -0.2) is 31.7 Å². The monoisotopic (exact) mass is 429 g/mol. The van der Waals surface area contributed by atoms with Crippen molar-refractivity contribution in [2.24, 2.45) is 0 Å². The molecule has 1 aliphatic heterocycles. The molecular formula is C16H17F2N5O5S. The first kappa shape index (κ1) is 20.7. The number of amides is 3. The van der Waals surface area contributed by atoms with E-state index in [1.165, 1.54) is 29.3 Å². The SMILES string of the molecule is O=C1CN(Cc2cnc(CNS(=O)(=O)c3cccc(OCC(F)F)c3)[nH]2)C(=O)N1. The Kier molecular flexibility index (Phi) is 6.08. The third kappa shape index (κ3) is 5.48. The highest BCUT2D eigenvalue weighted by Crippen LogP contribution is 2.18. The van der Waals surface area contributed by atoms with E-state index < -0.39 is 35.0 Å². The normalized spacial score (nSPS) is 14.5. The molecule has 0 aliphatic carbocycles. The van der Waals surface area contributed by atoms with Crippen molar-refractivity contribution in [2.75, 3.05) is 13.2 Å². The fourth-order valence-electron chi connectivity index (χ4n) is 2.53. The fraction of sp³-hybridized carbons (Fsp3) is 0.312. The molecule has 0 radical (unpaired) electrons. The van der Waals surface area contributed by atoms with Gasteiger partial charge in [0.2, 0.25) is 15.9 Å². The van der Waals surface area contributed by atoms with Gasteiger partial charge < -0.3 is 14.6 Å². The largest absolute Gasteiger partial charge is 0.488 e. The molecule has 2 heterocycles. The molecule has 2 aromatic rings. The second-order valence-electron chi connectivity index (χ2n) is 6.07. The summed E-state index contributed by atoms with van der Waals surface area (Å²) >= 11 is 0. The topological polar surface area (TPSA) is 133 Å². The van der Waals surface area contributed by atoms with Crippen molar-refractivity contribution in [1.29, 1.82) is 0 Å². The summed E-state index contributed by atoms with van der Waals surface area (Å²) in [6, 6.07) is 4.68. The van der Waals surface area contributed by atoms with Gasteiger partial charge in [-0.3, -0.25) is 10.1 Å². The standard InChI is InChI=1S/C16H17F2N5O5S/c17-13(18)9-28-11-2-1-3-12(4-11)29(26,27)20-6-14-19-5-10(21-14)7-23-8-15(24)22-16(23)25/h1-5,13,20H,6-9H2,(H,19,21)(H,22,24,25). The lowest BCUT2D eigenvalue weighted by Crippen LogP contribution is -2.28. The van der Waals surface area contributed by atoms with Crippen LogP contribution in [0.1, 0.15) is 11.5 Å². The predicted octanol–water partition coefficient (Wildman–Crippen LogP) is 0.584. The second kappa shape index (κ2) is 8.53. The molecule has 1 saturated heterocycles. The lowest BCUT2D eigenvalue weighted by Gasteiger charge is -2.11. The number of aromatic amines is 1. The molecule has 3 N–H and O–H groups in total. The van der Waals surface area contributed by atoms with Gasteiger partial charge in [-0.1, -0.05) is 6.07 Å². The molecule has 1 aliphatic rings. The Morgan fingerprint density at radius 1 is 1.31 bits per heavy atom. The van der Waals surface area contributed by atoms with Crippen LogP contribution in [0, 0.1) is 0 Å². The molecule has 0 spiro atoms. The third-order valence-corrected chi connectivity index (χ3v) is 5.23. The zero-order valence-electron chi connectivity index (χ0n) is 14.9. The van der Waals surface area contributed by atoms with Crippen molar-refractivity contribution >= 4 is 22.0 Å². The van der Waals surface area contributed by atoms with Gasteiger partial charge in [0.1, 0.15) is 24.7 Å². The first-order valence-corrected chi connectivity index (χ1v) is 9.83. The number of carbonyl (C=O) groups is 2. The molecule has 1 fully saturated rings. The summed E-state index contributed by atoms with van der Waals surface area (Å²) in [7, 11) is -3.95. The lowest BCUT2D eigenvalue weighted by molar-refractivity contribution is -0.118. The number of aromatic nitrogens is 2. The number of imidazole rings is 1. The second-order valence-corrected chi connectivity index (χ2v) is 7.83. The Morgan fingerprint density at radius 2 is 2.10 bits per heavy atom. The maximum atomic E-state index is 12.4. The maximum absolute atomic E-state index is 12.4. The molecule has 3 rings (SSSR count). The highest BCUT2D eigenvalue weighted by atomic mass is 32.2. The molecule has 0 saturated carbocycles. The van der Waals surface area contributed by atoms with Crippen LogP contribution in [0.4, 0.5) is 13.6 Å². The average Bonchev–Trinajstić information content (AvgIpc) is 3.24. The molecule has 1 aromatic carbocycles. The summed E-state index contributed by atoms with van der Waals surface area (Å²) in [5.74, 6) is -0.103.